The third-order valence-electron chi connectivity index (χ3n) is 4.24. The van der Waals surface area contributed by atoms with Gasteiger partial charge in [-0.3, -0.25) is 13.9 Å². The van der Waals surface area contributed by atoms with Crippen molar-refractivity contribution in [2.24, 2.45) is 0 Å². The summed E-state index contributed by atoms with van der Waals surface area (Å²) in [6, 6.07) is 0.386. The van der Waals surface area contributed by atoms with Crippen LogP contribution >= 0.6 is 7.75 Å². The first-order chi connectivity index (χ1) is 12.3. The topological polar surface area (TPSA) is 186 Å². The summed E-state index contributed by atoms with van der Waals surface area (Å²) in [4.78, 5) is 36.4. The van der Waals surface area contributed by atoms with E-state index in [4.69, 9.17) is 15.0 Å². The van der Waals surface area contributed by atoms with E-state index in [1.807, 2.05) is 0 Å². The Morgan fingerprint density at radius 1 is 1.61 bits per heavy atom. The third kappa shape index (κ3) is 4.78. The van der Waals surface area contributed by atoms with Gasteiger partial charge in [0.2, 0.25) is 0 Å². The Balaban J connectivity index is 0.00000392. The van der Waals surface area contributed by atoms with Crippen LogP contribution in [0.25, 0.3) is 0 Å². The van der Waals surface area contributed by atoms with Crippen molar-refractivity contribution in [3.8, 4) is 0 Å². The Morgan fingerprint density at radius 3 is 2.75 bits per heavy atom. The van der Waals surface area contributed by atoms with E-state index < -0.39 is 50.1 Å². The molecule has 1 aromatic rings. The molecule has 0 saturated carbocycles. The fourth-order valence-electron chi connectivity index (χ4n) is 2.53. The summed E-state index contributed by atoms with van der Waals surface area (Å²) < 4.78 is 23.3. The predicted octanol–water partition coefficient (Wildman–Crippen LogP) is -1.48. The number of nitrogen functional groups attached to an aromatic ring is 1. The van der Waals surface area contributed by atoms with E-state index in [9.17, 15) is 29.3 Å². The van der Waals surface area contributed by atoms with Crippen molar-refractivity contribution in [1.29, 1.82) is 0 Å². The molecule has 28 heavy (non-hydrogen) atoms. The number of nitrogens with one attached hydrogen (secondary N) is 1. The number of ether oxygens (including phenoxy) is 1. The summed E-state index contributed by atoms with van der Waals surface area (Å²) >= 11 is 0. The maximum absolute atomic E-state index is 12.0. The number of aromatic nitrogens is 2. The van der Waals surface area contributed by atoms with Crippen LogP contribution in [0.15, 0.2) is 17.1 Å². The van der Waals surface area contributed by atoms with Gasteiger partial charge >= 0.3 is 13.4 Å². The van der Waals surface area contributed by atoms with Crippen LogP contribution in [0, 0.1) is 0 Å². The Bertz CT molecular complexity index is 819. The number of carbonyl (C=O) groups excluding carboxylic acids is 1. The van der Waals surface area contributed by atoms with Gasteiger partial charge < -0.3 is 25.6 Å². The molecule has 0 bridgehead atoms. The molecule has 2 heterocycles. The van der Waals surface area contributed by atoms with Gasteiger partial charge in [0.15, 0.2) is 6.23 Å². The normalized spacial score (nSPS) is 30.3. The first-order valence-corrected chi connectivity index (χ1v) is 9.59. The zero-order valence-corrected chi connectivity index (χ0v) is 18.6. The van der Waals surface area contributed by atoms with E-state index >= 15 is 0 Å². The Labute approximate surface area is 154 Å². The number of aliphatic hydroxyl groups is 2. The molecule has 2 rings (SSSR count). The molecule has 0 spiro atoms. The standard InChI is InChI=1S/C14H23N4O8P.Fm/c1-7(8(2)19)17-27(23,24)25-6-9-11(20)14(3,22)12(26-9)18-5-4-10(15)16-13(18)21;/h4-5,7,9,11-12,20,22H,6H2,1-3H3,(H2,15,16,21)(H2,17,23,24);/t7-,9+,11+,12+,14+;/m0./s1. The fraction of sp³-hybridized carbons (Fsp3) is 0.643. The van der Waals surface area contributed by atoms with Crippen LogP contribution in [0.4, 0.5) is 5.82 Å². The average Bonchev–Trinajstić information content (AvgIpc) is 2.76. The number of hydrogen-bond donors (Lipinski definition) is 5. The number of nitrogens with zero attached hydrogens (tertiary/aromatic N) is 2. The van der Waals surface area contributed by atoms with Crippen molar-refractivity contribution in [3.63, 3.8) is 0 Å². The molecule has 6 N–H and O–H groups in total. The van der Waals surface area contributed by atoms with Gasteiger partial charge in [-0.15, -0.1) is 0 Å². The van der Waals surface area contributed by atoms with Crippen molar-refractivity contribution in [2.45, 2.75) is 50.8 Å². The maximum Gasteiger partial charge on any atom is 0.403 e. The van der Waals surface area contributed by atoms with E-state index in [0.29, 0.717) is 0 Å². The quantitative estimate of drug-likeness (QED) is 0.214. The number of ketones is 1. The van der Waals surface area contributed by atoms with Crippen molar-refractivity contribution >= 4 is 19.3 Å². The number of rotatable bonds is 7. The molecule has 1 aliphatic heterocycles. The van der Waals surface area contributed by atoms with Crippen LogP contribution in [-0.2, 0) is 18.6 Å². The first-order valence-electron chi connectivity index (χ1n) is 8.01. The van der Waals surface area contributed by atoms with Crippen LogP contribution in [0.1, 0.15) is 27.0 Å². The van der Waals surface area contributed by atoms with E-state index in [1.165, 1.54) is 33.0 Å². The Morgan fingerprint density at radius 2 is 2.21 bits per heavy atom. The molecule has 1 unspecified atom stereocenters. The Kier molecular flexibility index (Phi) is 6.80. The molecule has 1 fully saturated rings. The summed E-state index contributed by atoms with van der Waals surface area (Å²) in [6.07, 6.45) is -2.86. The number of hydrogen-bond acceptors (Lipinski definition) is 9. The van der Waals surface area contributed by atoms with Crippen LogP contribution in [0.3, 0.4) is 0 Å². The molecule has 1 aliphatic rings. The van der Waals surface area contributed by atoms with E-state index in [2.05, 4.69) is 10.1 Å². The molecule has 12 nitrogen and oxygen atoms in total. The number of Topliss-reactive ketones (excluding diaryl/α,β-unsaturated/α-hetero) is 1. The van der Waals surface area contributed by atoms with Gasteiger partial charge in [-0.25, -0.2) is 14.4 Å². The van der Waals surface area contributed by atoms with Crippen LogP contribution in [0.5, 0.6) is 0 Å². The minimum absolute atomic E-state index is 0. The SMILES string of the molecule is CC(=O)[C@H](C)NP(=O)(O)OC[C@H]1O[C@@H](n2ccc(N)nc2=O)[C@](C)(O)[C@@H]1O.[Fm]. The fourth-order valence-corrected chi connectivity index (χ4v) is 3.62. The summed E-state index contributed by atoms with van der Waals surface area (Å²) in [5.41, 5.74) is 2.69. The van der Waals surface area contributed by atoms with Gasteiger partial charge in [0.05, 0.1) is 12.6 Å². The molecule has 0 aliphatic carbocycles. The summed E-state index contributed by atoms with van der Waals surface area (Å²) in [5.74, 6) is -0.399. The van der Waals surface area contributed by atoms with Gasteiger partial charge in [-0.2, -0.15) is 4.98 Å². The molecular weight excluding hydrogens is 640 g/mol. The number of carbonyl (C=O) groups is 1. The molecule has 1 saturated heterocycles. The molecule has 14 heteroatoms. The Hall–Kier alpha value is -2.66. The van der Waals surface area contributed by atoms with Crippen molar-refractivity contribution in [3.05, 3.63) is 22.7 Å². The predicted molar refractivity (Wildman–Crippen MR) is 92.5 cm³/mol. The second-order valence-electron chi connectivity index (χ2n) is 6.52. The minimum atomic E-state index is -4.37. The monoisotopic (exact) mass is 663 g/mol. The first kappa shape index (κ1) is 23.4. The van der Waals surface area contributed by atoms with E-state index in [0.717, 1.165) is 4.57 Å². The zero-order chi connectivity index (χ0) is 20.6. The smallest absolute Gasteiger partial charge is 0.387 e. The van der Waals surface area contributed by atoms with E-state index in [-0.39, 0.29) is 11.6 Å². The number of nitrogens with two attached hydrogens (primary N) is 1. The number of aliphatic hydroxyl groups excluding tert-OH is 1. The minimum Gasteiger partial charge on any atom is -0.387 e. The van der Waals surface area contributed by atoms with Crippen molar-refractivity contribution < 1.29 is 33.7 Å². The third-order valence-corrected chi connectivity index (χ3v) is 5.45. The van der Waals surface area contributed by atoms with Crippen LogP contribution < -0.4 is 16.5 Å². The molecule has 0 amide bonds. The van der Waals surface area contributed by atoms with Crippen molar-refractivity contribution in [2.75, 3.05) is 12.3 Å². The second-order valence-corrected chi connectivity index (χ2v) is 8.07. The van der Waals surface area contributed by atoms with Gasteiger partial charge in [-0.05, 0) is 26.8 Å². The summed E-state index contributed by atoms with van der Waals surface area (Å²) in [7, 11) is -4.37. The van der Waals surface area contributed by atoms with Crippen molar-refractivity contribution in [1.82, 2.24) is 14.6 Å². The van der Waals surface area contributed by atoms with Crippen LogP contribution in [0.2, 0.25) is 0 Å². The molecule has 6 atom stereocenters. The van der Waals surface area contributed by atoms with Gasteiger partial charge in [0, 0.05) is 6.20 Å². The molecule has 0 radical (unpaired) electrons. The largest absolute Gasteiger partial charge is 0.403 e. The number of anilines is 1. The summed E-state index contributed by atoms with van der Waals surface area (Å²) in [6.45, 7) is 3.27. The molecule has 1 aromatic heterocycles. The zero-order valence-electron chi connectivity index (χ0n) is 15.3. The average molecular weight is 663 g/mol. The molecule has 0 aromatic carbocycles. The van der Waals surface area contributed by atoms with Gasteiger partial charge in [0.25, 0.3) is 0 Å². The second kappa shape index (κ2) is 8.15. The van der Waals surface area contributed by atoms with Gasteiger partial charge in [-0.1, -0.05) is 0 Å². The summed E-state index contributed by atoms with van der Waals surface area (Å²) in [5, 5.41) is 23.0. The maximum atomic E-state index is 12.0. The van der Waals surface area contributed by atoms with E-state index in [1.54, 1.807) is 0 Å². The molecular formula is C14H23FmN4O8P. The van der Waals surface area contributed by atoms with Crippen LogP contribution in [-0.4, -0.2) is 60.9 Å². The van der Waals surface area contributed by atoms with Gasteiger partial charge in [0.1, 0.15) is 29.4 Å². The molecule has 164 valence electrons.